The predicted octanol–water partition coefficient (Wildman–Crippen LogP) is 4.21. The lowest BCUT2D eigenvalue weighted by Gasteiger charge is -2.52. The van der Waals surface area contributed by atoms with Gasteiger partial charge in [0.15, 0.2) is 18.4 Å². The quantitative estimate of drug-likeness (QED) is 0.502. The van der Waals surface area contributed by atoms with Crippen molar-refractivity contribution in [3.05, 3.63) is 71.8 Å². The van der Waals surface area contributed by atoms with Crippen LogP contribution in [0.2, 0.25) is 13.1 Å². The Bertz CT molecular complexity index is 1160. The van der Waals surface area contributed by atoms with Crippen molar-refractivity contribution >= 4 is 8.56 Å². The second-order valence-corrected chi connectivity index (χ2v) is 15.4. The van der Waals surface area contributed by atoms with Gasteiger partial charge in [0.25, 0.3) is 0 Å². The maximum atomic E-state index is 6.88. The first kappa shape index (κ1) is 27.1. The summed E-state index contributed by atoms with van der Waals surface area (Å²) in [6.45, 7) is 8.71. The van der Waals surface area contributed by atoms with E-state index >= 15 is 0 Å². The summed E-state index contributed by atoms with van der Waals surface area (Å²) in [4.78, 5) is 0. The van der Waals surface area contributed by atoms with Gasteiger partial charge in [-0.2, -0.15) is 0 Å². The van der Waals surface area contributed by atoms with Crippen molar-refractivity contribution in [3.63, 3.8) is 0 Å². The normalized spacial score (nSPS) is 41.6. The maximum absolute atomic E-state index is 6.88. The average molecular weight is 571 g/mol. The Balaban J connectivity index is 1.17. The molecule has 5 aliphatic heterocycles. The smallest absolute Gasteiger partial charge is 0.332 e. The second-order valence-electron chi connectivity index (χ2n) is 12.1. The third-order valence-corrected chi connectivity index (χ3v) is 9.85. The molecule has 9 nitrogen and oxygen atoms in total. The number of hydrogen-bond acceptors (Lipinski definition) is 9. The van der Waals surface area contributed by atoms with E-state index in [-0.39, 0.29) is 36.6 Å². The largest absolute Gasteiger partial charge is 0.386 e. The van der Waals surface area contributed by atoms with Crippen molar-refractivity contribution < 1.29 is 42.0 Å². The van der Waals surface area contributed by atoms with Gasteiger partial charge in [-0.3, -0.25) is 0 Å². The molecule has 40 heavy (non-hydrogen) atoms. The number of fused-ring (bicyclic) bond motifs is 5. The van der Waals surface area contributed by atoms with Gasteiger partial charge in [0.05, 0.1) is 25.4 Å². The average Bonchev–Trinajstić information content (AvgIpc) is 3.39. The van der Waals surface area contributed by atoms with Gasteiger partial charge in [0, 0.05) is 12.0 Å². The first-order chi connectivity index (χ1) is 19.2. The molecule has 10 atom stereocenters. The molecule has 0 bridgehead atoms. The molecular formula is C30H38O9Si. The van der Waals surface area contributed by atoms with Crippen molar-refractivity contribution in [2.45, 2.75) is 107 Å². The van der Waals surface area contributed by atoms with Gasteiger partial charge in [-0.15, -0.1) is 0 Å². The summed E-state index contributed by atoms with van der Waals surface area (Å²) < 4.78 is 58.4. The Morgan fingerprint density at radius 1 is 0.775 bits per heavy atom. The molecule has 0 unspecified atom stereocenters. The molecular weight excluding hydrogens is 532 g/mol. The number of ether oxygens (including phenoxy) is 7. The minimum absolute atomic E-state index is 0.261. The molecule has 5 saturated heterocycles. The van der Waals surface area contributed by atoms with E-state index in [4.69, 9.17) is 42.0 Å². The van der Waals surface area contributed by atoms with Crippen molar-refractivity contribution in [1.29, 1.82) is 0 Å². The SMILES string of the molecule is CC1(C)O[C@H]2O[C@H]3C[C@H]4O[C@@H]5CO[C@@H](c6ccccc6)O[C@H]5[C@H](OCc5ccccc5)[C@H]4O[Si](C)(C)O[C@@H]3[C@H]2O1. The van der Waals surface area contributed by atoms with Crippen LogP contribution >= 0.6 is 0 Å². The van der Waals surface area contributed by atoms with Crippen LogP contribution in [-0.4, -0.2) is 76.1 Å². The van der Waals surface area contributed by atoms with Crippen LogP contribution in [0, 0.1) is 0 Å². The Morgan fingerprint density at radius 2 is 1.48 bits per heavy atom. The minimum atomic E-state index is -2.72. The van der Waals surface area contributed by atoms with E-state index < -0.39 is 39.1 Å². The molecule has 5 aliphatic rings. The molecule has 7 rings (SSSR count). The summed E-state index contributed by atoms with van der Waals surface area (Å²) in [7, 11) is -2.72. The topological polar surface area (TPSA) is 83.1 Å². The van der Waals surface area contributed by atoms with Crippen LogP contribution < -0.4 is 0 Å². The molecule has 5 fully saturated rings. The lowest BCUT2D eigenvalue weighted by molar-refractivity contribution is -0.338. The van der Waals surface area contributed by atoms with E-state index in [1.165, 1.54) is 0 Å². The molecule has 0 amide bonds. The zero-order chi connectivity index (χ0) is 27.5. The summed E-state index contributed by atoms with van der Waals surface area (Å²) in [5.41, 5.74) is 2.04. The third kappa shape index (κ3) is 5.31. The Morgan fingerprint density at radius 3 is 2.25 bits per heavy atom. The summed E-state index contributed by atoms with van der Waals surface area (Å²) in [5.74, 6) is -0.724. The molecule has 0 radical (unpaired) electrons. The highest BCUT2D eigenvalue weighted by molar-refractivity contribution is 6.64. The van der Waals surface area contributed by atoms with Crippen LogP contribution in [0.4, 0.5) is 0 Å². The molecule has 0 aromatic heterocycles. The van der Waals surface area contributed by atoms with Crippen LogP contribution in [0.5, 0.6) is 0 Å². The summed E-state index contributed by atoms with van der Waals surface area (Å²) in [6.07, 6.45) is -3.16. The fourth-order valence-corrected chi connectivity index (χ4v) is 8.46. The Hall–Kier alpha value is -1.70. The Kier molecular flexibility index (Phi) is 7.15. The van der Waals surface area contributed by atoms with Gasteiger partial charge in [-0.25, -0.2) is 0 Å². The third-order valence-electron chi connectivity index (χ3n) is 8.17. The van der Waals surface area contributed by atoms with Crippen LogP contribution in [0.1, 0.15) is 37.7 Å². The van der Waals surface area contributed by atoms with Gasteiger partial charge in [-0.05, 0) is 32.5 Å². The summed E-state index contributed by atoms with van der Waals surface area (Å²) in [6, 6.07) is 20.1. The fraction of sp³-hybridized carbons (Fsp3) is 0.600. The van der Waals surface area contributed by atoms with Crippen molar-refractivity contribution in [2.75, 3.05) is 6.61 Å². The molecule has 5 heterocycles. The number of benzene rings is 2. The van der Waals surface area contributed by atoms with Crippen molar-refractivity contribution in [1.82, 2.24) is 0 Å². The zero-order valence-electron chi connectivity index (χ0n) is 23.3. The van der Waals surface area contributed by atoms with Crippen LogP contribution in [0.25, 0.3) is 0 Å². The number of hydrogen-bond donors (Lipinski definition) is 0. The fourth-order valence-electron chi connectivity index (χ4n) is 6.52. The second kappa shape index (κ2) is 10.5. The van der Waals surface area contributed by atoms with E-state index in [1.807, 2.05) is 62.4 Å². The van der Waals surface area contributed by atoms with Gasteiger partial charge in [0.2, 0.25) is 0 Å². The highest BCUT2D eigenvalue weighted by Crippen LogP contribution is 2.45. The highest BCUT2D eigenvalue weighted by atomic mass is 28.4. The van der Waals surface area contributed by atoms with Crippen molar-refractivity contribution in [2.24, 2.45) is 0 Å². The first-order valence-corrected chi connectivity index (χ1v) is 17.1. The van der Waals surface area contributed by atoms with E-state index in [9.17, 15) is 0 Å². The summed E-state index contributed by atoms with van der Waals surface area (Å²) >= 11 is 0. The first-order valence-electron chi connectivity index (χ1n) is 14.2. The van der Waals surface area contributed by atoms with Gasteiger partial charge >= 0.3 is 8.56 Å². The highest BCUT2D eigenvalue weighted by Gasteiger charge is 2.61. The van der Waals surface area contributed by atoms with E-state index in [2.05, 4.69) is 25.2 Å². The van der Waals surface area contributed by atoms with E-state index in [0.29, 0.717) is 19.6 Å². The zero-order valence-corrected chi connectivity index (χ0v) is 24.3. The van der Waals surface area contributed by atoms with Gasteiger partial charge in [-0.1, -0.05) is 60.7 Å². The van der Waals surface area contributed by atoms with Crippen molar-refractivity contribution in [3.8, 4) is 0 Å². The standard InChI is InChI=1S/C30H38O9Si/c1-30(2)36-27-25-21(34-29(27)37-30)15-20-24(38-40(3,4)39-25)26(31-16-18-11-7-5-8-12-18)23-22(33-20)17-32-28(35-23)19-13-9-6-10-14-19/h5-14,20-29H,15-17H2,1-4H3/t20-,21+,22-,23-,24+,25+,26+,27-,28-,29-/m1/s1. The maximum Gasteiger partial charge on any atom is 0.332 e. The Labute approximate surface area is 236 Å². The number of rotatable bonds is 4. The van der Waals surface area contributed by atoms with Gasteiger partial charge in [0.1, 0.15) is 36.6 Å². The van der Waals surface area contributed by atoms with Crippen LogP contribution in [-0.2, 0) is 48.6 Å². The molecule has 0 spiro atoms. The molecule has 0 saturated carbocycles. The molecule has 0 aliphatic carbocycles. The van der Waals surface area contributed by atoms with Gasteiger partial charge < -0.3 is 42.0 Å². The molecule has 216 valence electrons. The lowest BCUT2D eigenvalue weighted by atomic mass is 9.90. The van der Waals surface area contributed by atoms with Crippen LogP contribution in [0.15, 0.2) is 60.7 Å². The van der Waals surface area contributed by atoms with Crippen LogP contribution in [0.3, 0.4) is 0 Å². The molecule has 2 aromatic rings. The van der Waals surface area contributed by atoms with E-state index in [1.54, 1.807) is 0 Å². The molecule has 2 aromatic carbocycles. The van der Waals surface area contributed by atoms with E-state index in [0.717, 1.165) is 11.1 Å². The predicted molar refractivity (Wildman–Crippen MR) is 144 cm³/mol. The monoisotopic (exact) mass is 570 g/mol. The summed E-state index contributed by atoms with van der Waals surface area (Å²) in [5, 5.41) is 0. The molecule has 0 N–H and O–H groups in total. The molecule has 10 heteroatoms. The lowest BCUT2D eigenvalue weighted by Crippen LogP contribution is -2.67. The minimum Gasteiger partial charge on any atom is -0.386 e.